The van der Waals surface area contributed by atoms with Crippen LogP contribution in [-0.4, -0.2) is 12.8 Å². The second kappa shape index (κ2) is 4.67. The molecule has 0 radical (unpaired) electrons. The average Bonchev–Trinajstić information content (AvgIpc) is 2.19. The van der Waals surface area contributed by atoms with E-state index >= 15 is 0 Å². The highest BCUT2D eigenvalue weighted by Crippen LogP contribution is 2.15. The minimum absolute atomic E-state index is 0.345. The summed E-state index contributed by atoms with van der Waals surface area (Å²) in [6.45, 7) is 2.05. The summed E-state index contributed by atoms with van der Waals surface area (Å²) in [6.07, 6.45) is 4.08. The van der Waals surface area contributed by atoms with Crippen molar-refractivity contribution in [1.82, 2.24) is 0 Å². The number of rotatable bonds is 3. The molecule has 0 saturated heterocycles. The molecule has 0 spiro atoms. The van der Waals surface area contributed by atoms with Crippen molar-refractivity contribution in [2.45, 2.75) is 6.92 Å². The fourth-order valence-electron chi connectivity index (χ4n) is 1.16. The predicted molar refractivity (Wildman–Crippen MR) is 54.6 cm³/mol. The maximum atomic E-state index is 13.1. The van der Waals surface area contributed by atoms with E-state index < -0.39 is 0 Å². The Hall–Kier alpha value is -1.48. The maximum Gasteiger partial charge on any atom is 0.150 e. The molecule has 2 nitrogen and oxygen atoms in total. The largest absolute Gasteiger partial charge is 0.327 e. The van der Waals surface area contributed by atoms with Crippen LogP contribution in [0.4, 0.5) is 4.39 Å². The molecular formula is C11H12FNO. The first-order valence-electron chi connectivity index (χ1n) is 4.31. The summed E-state index contributed by atoms with van der Waals surface area (Å²) >= 11 is 0. The summed E-state index contributed by atoms with van der Waals surface area (Å²) in [5.74, 6) is -0.364. The van der Waals surface area contributed by atoms with Crippen molar-refractivity contribution in [3.8, 4) is 0 Å². The third-order valence-electron chi connectivity index (χ3n) is 1.92. The van der Waals surface area contributed by atoms with E-state index in [1.165, 1.54) is 6.07 Å². The first-order valence-corrected chi connectivity index (χ1v) is 4.31. The fourth-order valence-corrected chi connectivity index (χ4v) is 1.16. The summed E-state index contributed by atoms with van der Waals surface area (Å²) in [5.41, 5.74) is 6.85. The molecular weight excluding hydrogens is 181 g/mol. The summed E-state index contributed by atoms with van der Waals surface area (Å²) in [5, 5.41) is 0. The number of benzene rings is 1. The van der Waals surface area contributed by atoms with E-state index in [-0.39, 0.29) is 5.82 Å². The van der Waals surface area contributed by atoms with Gasteiger partial charge in [-0.1, -0.05) is 12.2 Å². The Morgan fingerprint density at radius 1 is 1.43 bits per heavy atom. The number of aldehydes is 1. The normalized spacial score (nSPS) is 10.8. The highest BCUT2D eigenvalue weighted by atomic mass is 19.1. The van der Waals surface area contributed by atoms with Gasteiger partial charge in [0.05, 0.1) is 0 Å². The zero-order chi connectivity index (χ0) is 10.6. The van der Waals surface area contributed by atoms with Crippen molar-refractivity contribution in [2.75, 3.05) is 6.54 Å². The molecule has 3 heteroatoms. The van der Waals surface area contributed by atoms with E-state index in [1.54, 1.807) is 25.1 Å². The molecule has 0 bridgehead atoms. The Morgan fingerprint density at radius 2 is 2.14 bits per heavy atom. The summed E-state index contributed by atoms with van der Waals surface area (Å²) in [4.78, 5) is 10.6. The van der Waals surface area contributed by atoms with Gasteiger partial charge in [0.15, 0.2) is 6.29 Å². The highest BCUT2D eigenvalue weighted by Gasteiger charge is 2.03. The average molecular weight is 193 g/mol. The molecule has 0 aromatic heterocycles. The van der Waals surface area contributed by atoms with E-state index in [0.717, 1.165) is 0 Å². The van der Waals surface area contributed by atoms with Crippen LogP contribution in [0.5, 0.6) is 0 Å². The van der Waals surface area contributed by atoms with Crippen LogP contribution in [0.25, 0.3) is 6.08 Å². The molecule has 0 aliphatic rings. The summed E-state index contributed by atoms with van der Waals surface area (Å²) in [6, 6.07) is 2.86. The lowest BCUT2D eigenvalue weighted by molar-refractivity contribution is 0.112. The van der Waals surface area contributed by atoms with Gasteiger partial charge in [0.25, 0.3) is 0 Å². The van der Waals surface area contributed by atoms with Gasteiger partial charge in [-0.3, -0.25) is 4.79 Å². The first-order chi connectivity index (χ1) is 6.69. The number of carbonyl (C=O) groups excluding carboxylic acids is 1. The van der Waals surface area contributed by atoms with Gasteiger partial charge in [-0.25, -0.2) is 4.39 Å². The number of halogens is 1. The maximum absolute atomic E-state index is 13.1. The molecule has 0 heterocycles. The van der Waals surface area contributed by atoms with Crippen LogP contribution < -0.4 is 5.73 Å². The van der Waals surface area contributed by atoms with Gasteiger partial charge in [-0.05, 0) is 30.2 Å². The molecule has 0 amide bonds. The Balaban J connectivity index is 3.20. The van der Waals surface area contributed by atoms with E-state index in [4.69, 9.17) is 5.73 Å². The Morgan fingerprint density at radius 3 is 2.71 bits per heavy atom. The van der Waals surface area contributed by atoms with Gasteiger partial charge in [0.1, 0.15) is 5.82 Å². The zero-order valence-corrected chi connectivity index (χ0v) is 7.96. The van der Waals surface area contributed by atoms with Crippen molar-refractivity contribution in [3.05, 3.63) is 40.7 Å². The Labute approximate surface area is 82.2 Å². The predicted octanol–water partition coefficient (Wildman–Crippen LogP) is 1.92. The molecule has 1 aromatic carbocycles. The van der Waals surface area contributed by atoms with Crippen LogP contribution in [0.1, 0.15) is 21.5 Å². The topological polar surface area (TPSA) is 43.1 Å². The molecule has 0 saturated carbocycles. The molecule has 1 aromatic rings. The van der Waals surface area contributed by atoms with Crippen molar-refractivity contribution in [2.24, 2.45) is 5.73 Å². The van der Waals surface area contributed by atoms with Gasteiger partial charge in [0, 0.05) is 12.1 Å². The van der Waals surface area contributed by atoms with Crippen LogP contribution in [0.2, 0.25) is 0 Å². The lowest BCUT2D eigenvalue weighted by atomic mass is 10.0. The van der Waals surface area contributed by atoms with Gasteiger partial charge in [0.2, 0.25) is 0 Å². The minimum Gasteiger partial charge on any atom is -0.327 e. The van der Waals surface area contributed by atoms with Gasteiger partial charge in [-0.2, -0.15) is 0 Å². The second-order valence-electron chi connectivity index (χ2n) is 2.99. The van der Waals surface area contributed by atoms with E-state index in [9.17, 15) is 9.18 Å². The molecule has 2 N–H and O–H groups in total. The Bertz CT molecular complexity index is 372. The number of aryl methyl sites for hydroxylation is 1. The van der Waals surface area contributed by atoms with Crippen LogP contribution >= 0.6 is 0 Å². The fraction of sp³-hybridized carbons (Fsp3) is 0.182. The standard InChI is InChI=1S/C11H12FNO/c1-8-5-9(3-2-4-13)10(7-14)6-11(8)12/h2-3,5-7H,4,13H2,1H3/b3-2+. The minimum atomic E-state index is -0.364. The van der Waals surface area contributed by atoms with Crippen molar-refractivity contribution in [3.63, 3.8) is 0 Å². The molecule has 0 aliphatic heterocycles. The third-order valence-corrected chi connectivity index (χ3v) is 1.92. The van der Waals surface area contributed by atoms with Gasteiger partial charge < -0.3 is 5.73 Å². The molecule has 0 aliphatic carbocycles. The van der Waals surface area contributed by atoms with E-state index in [2.05, 4.69) is 0 Å². The summed E-state index contributed by atoms with van der Waals surface area (Å²) in [7, 11) is 0. The number of nitrogens with two attached hydrogens (primary N) is 1. The number of carbonyl (C=O) groups is 1. The smallest absolute Gasteiger partial charge is 0.150 e. The lowest BCUT2D eigenvalue weighted by Gasteiger charge is -2.02. The molecule has 0 unspecified atom stereocenters. The highest BCUT2D eigenvalue weighted by molar-refractivity contribution is 5.82. The number of hydrogen-bond donors (Lipinski definition) is 1. The third kappa shape index (κ3) is 2.26. The van der Waals surface area contributed by atoms with Crippen molar-refractivity contribution >= 4 is 12.4 Å². The summed E-state index contributed by atoms with van der Waals surface area (Å²) < 4.78 is 13.1. The SMILES string of the molecule is Cc1cc(/C=C/CN)c(C=O)cc1F. The molecule has 14 heavy (non-hydrogen) atoms. The van der Waals surface area contributed by atoms with Crippen LogP contribution in [-0.2, 0) is 0 Å². The van der Waals surface area contributed by atoms with E-state index in [1.807, 2.05) is 0 Å². The second-order valence-corrected chi connectivity index (χ2v) is 2.99. The lowest BCUT2D eigenvalue weighted by Crippen LogP contribution is -1.95. The van der Waals surface area contributed by atoms with E-state index in [0.29, 0.717) is 29.5 Å². The van der Waals surface area contributed by atoms with Gasteiger partial charge in [-0.15, -0.1) is 0 Å². The molecule has 1 rings (SSSR count). The molecule has 0 fully saturated rings. The number of hydrogen-bond acceptors (Lipinski definition) is 2. The van der Waals surface area contributed by atoms with Crippen molar-refractivity contribution in [1.29, 1.82) is 0 Å². The van der Waals surface area contributed by atoms with Crippen LogP contribution in [0, 0.1) is 12.7 Å². The zero-order valence-electron chi connectivity index (χ0n) is 7.96. The molecule has 0 atom stereocenters. The van der Waals surface area contributed by atoms with Crippen molar-refractivity contribution < 1.29 is 9.18 Å². The van der Waals surface area contributed by atoms with Crippen LogP contribution in [0.3, 0.4) is 0 Å². The monoisotopic (exact) mass is 193 g/mol. The van der Waals surface area contributed by atoms with Crippen LogP contribution in [0.15, 0.2) is 18.2 Å². The quantitative estimate of drug-likeness (QED) is 0.745. The van der Waals surface area contributed by atoms with Gasteiger partial charge >= 0.3 is 0 Å². The first kappa shape index (κ1) is 10.6. The molecule has 74 valence electrons. The Kier molecular flexibility index (Phi) is 3.54.